The topological polar surface area (TPSA) is 181 Å². The normalized spacial score (nSPS) is 22.4. The number of fused-ring (bicyclic) bond motifs is 3. The van der Waals surface area contributed by atoms with Gasteiger partial charge in [0.25, 0.3) is 5.69 Å². The van der Waals surface area contributed by atoms with Crippen molar-refractivity contribution in [1.82, 2.24) is 4.90 Å². The summed E-state index contributed by atoms with van der Waals surface area (Å²) in [5.41, 5.74) is 3.79. The van der Waals surface area contributed by atoms with Crippen LogP contribution < -0.4 is 18.9 Å². The molecule has 2 N–H and O–H groups in total. The number of unbranched alkanes of at least 4 members (excludes halogenated alkanes) is 2. The number of amides is 1. The van der Waals surface area contributed by atoms with E-state index in [0.29, 0.717) is 53.7 Å². The lowest BCUT2D eigenvalue weighted by Crippen LogP contribution is -2.70. The van der Waals surface area contributed by atoms with Gasteiger partial charge in [0.2, 0.25) is 12.6 Å². The highest BCUT2D eigenvalue weighted by Gasteiger charge is 2.65. The first-order chi connectivity index (χ1) is 33.8. The molecule has 6 atom stereocenters. The van der Waals surface area contributed by atoms with Gasteiger partial charge in [0.15, 0.2) is 11.5 Å². The number of hydrogen-bond donors (Lipinski definition) is 2. The second-order valence-corrected chi connectivity index (χ2v) is 18.7. The fourth-order valence-electron chi connectivity index (χ4n) is 10.2. The van der Waals surface area contributed by atoms with Crippen LogP contribution in [0.5, 0.6) is 23.0 Å². The lowest BCUT2D eigenvalue weighted by molar-refractivity contribution is -0.384. The van der Waals surface area contributed by atoms with E-state index in [1.165, 1.54) is 12.1 Å². The van der Waals surface area contributed by atoms with E-state index in [1.54, 1.807) is 41.8 Å². The van der Waals surface area contributed by atoms with E-state index in [1.807, 2.05) is 48.5 Å². The van der Waals surface area contributed by atoms with Crippen LogP contribution in [-0.2, 0) is 27.5 Å². The zero-order valence-electron chi connectivity index (χ0n) is 38.9. The SMILES string of the molecule is C=CCO[C@@]12Oc3ccc(OCCSc4ccccc4)cc3[C@H]3[C@H](CCCCO)[C@@H](CCCCO)C=C(C(=NOCc4ccc([N+](=O)[O-])cc4)C[C@@H]1N(Cc1ccc4c(c1)OCO4)C(=O)OCC)[C@H]32. The molecule has 0 aromatic heterocycles. The van der Waals surface area contributed by atoms with E-state index in [0.717, 1.165) is 53.0 Å². The molecular weight excluding hydrogens is 903 g/mol. The van der Waals surface area contributed by atoms with E-state index < -0.39 is 28.8 Å². The van der Waals surface area contributed by atoms with Crippen LogP contribution in [0, 0.1) is 27.9 Å². The predicted octanol–water partition coefficient (Wildman–Crippen LogP) is 9.99. The minimum absolute atomic E-state index is 0.00633. The summed E-state index contributed by atoms with van der Waals surface area (Å²) in [6.45, 7) is 6.80. The Balaban J connectivity index is 1.27. The average Bonchev–Trinajstić information content (AvgIpc) is 3.84. The van der Waals surface area contributed by atoms with Crippen LogP contribution in [0.1, 0.15) is 74.5 Å². The number of nitro groups is 1. The molecule has 1 fully saturated rings. The third-order valence-corrected chi connectivity index (χ3v) is 14.2. The highest BCUT2D eigenvalue weighted by molar-refractivity contribution is 7.99. The summed E-state index contributed by atoms with van der Waals surface area (Å²) < 4.78 is 38.3. The zero-order chi connectivity index (χ0) is 48.2. The number of thioether (sulfide) groups is 1. The second kappa shape index (κ2) is 23.5. The summed E-state index contributed by atoms with van der Waals surface area (Å²) in [5.74, 6) is 0.813. The van der Waals surface area contributed by atoms with Gasteiger partial charge in [-0.05, 0) is 116 Å². The minimum Gasteiger partial charge on any atom is -0.493 e. The fraction of sp³-hybridized carbons (Fsp3) is 0.434. The van der Waals surface area contributed by atoms with Crippen molar-refractivity contribution < 1.29 is 53.2 Å². The number of hydrogen-bond acceptors (Lipinski definition) is 14. The van der Waals surface area contributed by atoms with Gasteiger partial charge in [0.05, 0.1) is 36.4 Å². The average molecular weight is 964 g/mol. The molecule has 0 saturated heterocycles. The summed E-state index contributed by atoms with van der Waals surface area (Å²) in [5, 5.41) is 36.4. The monoisotopic (exact) mass is 963 g/mol. The fourth-order valence-corrected chi connectivity index (χ4v) is 11.0. The Labute approximate surface area is 407 Å². The van der Waals surface area contributed by atoms with Crippen molar-refractivity contribution in [3.63, 3.8) is 0 Å². The van der Waals surface area contributed by atoms with E-state index >= 15 is 0 Å². The van der Waals surface area contributed by atoms with Crippen molar-refractivity contribution in [1.29, 1.82) is 0 Å². The highest BCUT2D eigenvalue weighted by Crippen LogP contribution is 2.62. The quantitative estimate of drug-likeness (QED) is 0.0223. The first-order valence-corrected chi connectivity index (χ1v) is 24.8. The number of nitrogens with zero attached hydrogens (tertiary/aromatic N) is 3. The molecule has 0 radical (unpaired) electrons. The largest absolute Gasteiger partial charge is 0.493 e. The number of oxime groups is 1. The Morgan fingerprint density at radius 3 is 2.46 bits per heavy atom. The molecule has 366 valence electrons. The Morgan fingerprint density at radius 1 is 0.957 bits per heavy atom. The number of allylic oxidation sites excluding steroid dienone is 1. The maximum Gasteiger partial charge on any atom is 0.410 e. The first kappa shape index (κ1) is 49.4. The van der Waals surface area contributed by atoms with Gasteiger partial charge in [-0.2, -0.15) is 0 Å². The smallest absolute Gasteiger partial charge is 0.410 e. The van der Waals surface area contributed by atoms with Gasteiger partial charge >= 0.3 is 6.09 Å². The minimum atomic E-state index is -1.53. The lowest BCUT2D eigenvalue weighted by Gasteiger charge is -2.59. The third-order valence-electron chi connectivity index (χ3n) is 13.2. The summed E-state index contributed by atoms with van der Waals surface area (Å²) in [7, 11) is 0. The molecule has 2 aliphatic heterocycles. The van der Waals surface area contributed by atoms with E-state index in [4.69, 9.17) is 38.4 Å². The van der Waals surface area contributed by atoms with Crippen molar-refractivity contribution in [2.24, 2.45) is 22.9 Å². The van der Waals surface area contributed by atoms with E-state index in [-0.39, 0.29) is 76.2 Å². The number of non-ortho nitro benzene ring substituents is 1. The van der Waals surface area contributed by atoms with Crippen LogP contribution in [0.4, 0.5) is 10.5 Å². The van der Waals surface area contributed by atoms with Crippen molar-refractivity contribution in [2.75, 3.05) is 45.6 Å². The van der Waals surface area contributed by atoms with Gasteiger partial charge < -0.3 is 43.5 Å². The van der Waals surface area contributed by atoms with E-state index in [2.05, 4.69) is 30.9 Å². The van der Waals surface area contributed by atoms with Gasteiger partial charge in [-0.3, -0.25) is 15.0 Å². The van der Waals surface area contributed by atoms with Crippen LogP contribution >= 0.6 is 11.8 Å². The molecule has 15 nitrogen and oxygen atoms in total. The zero-order valence-corrected chi connectivity index (χ0v) is 39.8. The number of carbonyl (C=O) groups is 1. The number of nitro benzene ring substituents is 1. The maximum absolute atomic E-state index is 14.7. The van der Waals surface area contributed by atoms with Gasteiger partial charge in [-0.15, -0.1) is 18.3 Å². The number of rotatable bonds is 24. The molecule has 1 saturated carbocycles. The standard InChI is InChI=1S/C53H61N3O12S/c1-3-26-66-53-49(55(52(59)62-4-2)33-37-18-22-47-48(29-37)65-35-64-47)32-45(54-67-34-36-16-19-39(20-17-36)56(60)61)43-30-38(12-8-10-24-57)42(15-9-11-25-58)50(51(43)53)44-31-40(21-23-46(44)68-53)63-27-28-69-41-13-6-5-7-14-41/h3,5-7,13-14,16-23,29-31,38,42,49-51,57-58H,1,4,8-12,15,24-28,32-35H2,2H3/t38-,42+,49-,50+,51+,53+/m0/s1. The summed E-state index contributed by atoms with van der Waals surface area (Å²) in [6, 6.07) is 27.0. The molecule has 0 unspecified atom stereocenters. The molecule has 16 heteroatoms. The molecule has 4 aliphatic rings. The number of carbonyl (C=O) groups excluding carboxylic acids is 1. The first-order valence-electron chi connectivity index (χ1n) is 23.8. The highest BCUT2D eigenvalue weighted by atomic mass is 32.2. The summed E-state index contributed by atoms with van der Waals surface area (Å²) in [4.78, 5) is 34.7. The molecule has 1 amide bonds. The van der Waals surface area contributed by atoms with Crippen molar-refractivity contribution in [3.05, 3.63) is 142 Å². The Hall–Kier alpha value is -6.07. The van der Waals surface area contributed by atoms with Crippen LogP contribution in [0.3, 0.4) is 0 Å². The predicted molar refractivity (Wildman–Crippen MR) is 261 cm³/mol. The van der Waals surface area contributed by atoms with Crippen LogP contribution in [0.2, 0.25) is 0 Å². The van der Waals surface area contributed by atoms with Gasteiger partial charge in [-0.1, -0.05) is 54.4 Å². The van der Waals surface area contributed by atoms with Crippen LogP contribution in [0.15, 0.2) is 125 Å². The Kier molecular flexibility index (Phi) is 16.8. The summed E-state index contributed by atoms with van der Waals surface area (Å²) in [6.07, 6.45) is 7.84. The Morgan fingerprint density at radius 2 is 1.71 bits per heavy atom. The number of ether oxygens (including phenoxy) is 6. The van der Waals surface area contributed by atoms with Crippen LogP contribution in [0.25, 0.3) is 0 Å². The molecule has 4 aromatic rings. The van der Waals surface area contributed by atoms with Gasteiger partial charge in [0.1, 0.15) is 24.1 Å². The molecule has 4 aromatic carbocycles. The molecule has 69 heavy (non-hydrogen) atoms. The van der Waals surface area contributed by atoms with Gasteiger partial charge in [-0.25, -0.2) is 4.79 Å². The molecule has 2 aliphatic carbocycles. The second-order valence-electron chi connectivity index (χ2n) is 17.5. The molecule has 8 rings (SSSR count). The number of aliphatic hydroxyl groups excluding tert-OH is 2. The van der Waals surface area contributed by atoms with Crippen LogP contribution in [-0.4, -0.2) is 89.3 Å². The molecular formula is C53H61N3O12S. The summed E-state index contributed by atoms with van der Waals surface area (Å²) >= 11 is 1.72. The maximum atomic E-state index is 14.7. The van der Waals surface area contributed by atoms with Crippen molar-refractivity contribution in [3.8, 4) is 23.0 Å². The lowest BCUT2D eigenvalue weighted by atomic mass is 9.55. The van der Waals surface area contributed by atoms with Crippen molar-refractivity contribution >= 4 is 29.3 Å². The molecule has 0 spiro atoms. The third kappa shape index (κ3) is 11.4. The number of benzene rings is 4. The number of aliphatic hydroxyl groups is 2. The Bertz CT molecular complexity index is 2450. The molecule has 0 bridgehead atoms. The van der Waals surface area contributed by atoms with Crippen molar-refractivity contribution in [2.45, 2.75) is 87.7 Å². The van der Waals surface area contributed by atoms with Gasteiger partial charge in [0, 0.05) is 60.4 Å². The van der Waals surface area contributed by atoms with E-state index in [9.17, 15) is 25.1 Å². The molecule has 2 heterocycles.